The SMILES string of the molecule is COc1ccc(-c2cc(C(=O)OCC(=O)N3CCNC3=O)c3ccccc3n2)cc1OC. The molecule has 4 rings (SSSR count). The highest BCUT2D eigenvalue weighted by Gasteiger charge is 2.27. The predicted molar refractivity (Wildman–Crippen MR) is 116 cm³/mol. The summed E-state index contributed by atoms with van der Waals surface area (Å²) in [4.78, 5) is 42.4. The number of nitrogens with zero attached hydrogens (tertiary/aromatic N) is 2. The molecular formula is C23H21N3O6. The maximum absolute atomic E-state index is 12.9. The number of rotatable bonds is 6. The van der Waals surface area contributed by atoms with E-state index in [0.717, 1.165) is 4.90 Å². The molecule has 0 radical (unpaired) electrons. The molecule has 1 fully saturated rings. The molecule has 0 atom stereocenters. The molecule has 0 unspecified atom stereocenters. The summed E-state index contributed by atoms with van der Waals surface area (Å²) in [6.45, 7) is 0.0909. The summed E-state index contributed by atoms with van der Waals surface area (Å²) in [5.41, 5.74) is 2.10. The standard InChI is InChI=1S/C23H21N3O6/c1-30-19-8-7-14(11-20(19)31-2)18-12-16(15-5-3-4-6-17(15)25-18)22(28)32-13-21(27)26-10-9-24-23(26)29/h3-8,11-12H,9-10,13H2,1-2H3,(H,24,29). The van der Waals surface area contributed by atoms with Crippen molar-refractivity contribution in [2.24, 2.45) is 0 Å². The quantitative estimate of drug-likeness (QED) is 0.593. The van der Waals surface area contributed by atoms with E-state index in [2.05, 4.69) is 10.3 Å². The lowest BCUT2D eigenvalue weighted by Crippen LogP contribution is -2.37. The lowest BCUT2D eigenvalue weighted by atomic mass is 10.0. The Hall–Kier alpha value is -4.14. The first-order valence-corrected chi connectivity index (χ1v) is 9.89. The zero-order chi connectivity index (χ0) is 22.7. The minimum Gasteiger partial charge on any atom is -0.493 e. The number of nitrogens with one attached hydrogen (secondary N) is 1. The van der Waals surface area contributed by atoms with Gasteiger partial charge in [-0.3, -0.25) is 9.69 Å². The molecule has 0 aliphatic carbocycles. The highest BCUT2D eigenvalue weighted by atomic mass is 16.5. The van der Waals surface area contributed by atoms with Crippen molar-refractivity contribution in [3.05, 3.63) is 54.1 Å². The zero-order valence-corrected chi connectivity index (χ0v) is 17.6. The molecule has 0 bridgehead atoms. The van der Waals surface area contributed by atoms with Gasteiger partial charge < -0.3 is 19.5 Å². The van der Waals surface area contributed by atoms with Gasteiger partial charge in [0.2, 0.25) is 0 Å². The number of fused-ring (bicyclic) bond motifs is 1. The average Bonchev–Trinajstić information content (AvgIpc) is 3.26. The molecule has 1 aromatic heterocycles. The van der Waals surface area contributed by atoms with E-state index in [9.17, 15) is 14.4 Å². The van der Waals surface area contributed by atoms with Crippen LogP contribution in [0.1, 0.15) is 10.4 Å². The van der Waals surface area contributed by atoms with Crippen LogP contribution in [0.15, 0.2) is 48.5 Å². The molecule has 0 spiro atoms. The molecule has 1 N–H and O–H groups in total. The minimum absolute atomic E-state index is 0.247. The summed E-state index contributed by atoms with van der Waals surface area (Å²) in [6, 6.07) is 13.6. The molecule has 1 aliphatic heterocycles. The molecule has 3 amide bonds. The minimum atomic E-state index is -0.682. The summed E-state index contributed by atoms with van der Waals surface area (Å²) in [5.74, 6) is -0.162. The molecule has 1 aliphatic rings. The number of carbonyl (C=O) groups excluding carboxylic acids is 3. The number of methoxy groups -OCH3 is 2. The first kappa shape index (κ1) is 21.1. The monoisotopic (exact) mass is 435 g/mol. The fourth-order valence-electron chi connectivity index (χ4n) is 3.48. The van der Waals surface area contributed by atoms with Gasteiger partial charge in [-0.05, 0) is 30.3 Å². The van der Waals surface area contributed by atoms with Gasteiger partial charge in [0.1, 0.15) is 0 Å². The molecule has 32 heavy (non-hydrogen) atoms. The van der Waals surface area contributed by atoms with Crippen LogP contribution in [0.3, 0.4) is 0 Å². The first-order valence-electron chi connectivity index (χ1n) is 9.89. The maximum Gasteiger partial charge on any atom is 0.339 e. The number of pyridine rings is 1. The number of benzene rings is 2. The van der Waals surface area contributed by atoms with Crippen molar-refractivity contribution >= 4 is 28.8 Å². The molecular weight excluding hydrogens is 414 g/mol. The van der Waals surface area contributed by atoms with Crippen molar-refractivity contribution in [3.63, 3.8) is 0 Å². The number of aromatic nitrogens is 1. The molecule has 0 saturated carbocycles. The first-order chi connectivity index (χ1) is 15.5. The van der Waals surface area contributed by atoms with Crippen molar-refractivity contribution in [1.82, 2.24) is 15.2 Å². The topological polar surface area (TPSA) is 107 Å². The van der Waals surface area contributed by atoms with E-state index in [-0.39, 0.29) is 12.1 Å². The van der Waals surface area contributed by atoms with Crippen molar-refractivity contribution in [3.8, 4) is 22.8 Å². The molecule has 3 aromatic rings. The highest BCUT2D eigenvalue weighted by molar-refractivity contribution is 6.05. The lowest BCUT2D eigenvalue weighted by molar-refractivity contribution is -0.130. The lowest BCUT2D eigenvalue weighted by Gasteiger charge is -2.14. The third-order valence-corrected chi connectivity index (χ3v) is 5.10. The predicted octanol–water partition coefficient (Wildman–Crippen LogP) is 2.63. The van der Waals surface area contributed by atoms with E-state index < -0.39 is 24.5 Å². The second kappa shape index (κ2) is 8.93. The van der Waals surface area contributed by atoms with Crippen LogP contribution < -0.4 is 14.8 Å². The molecule has 1 saturated heterocycles. The van der Waals surface area contributed by atoms with Gasteiger partial charge in [0.15, 0.2) is 18.1 Å². The van der Waals surface area contributed by atoms with E-state index >= 15 is 0 Å². The van der Waals surface area contributed by atoms with Gasteiger partial charge in [-0.2, -0.15) is 0 Å². The van der Waals surface area contributed by atoms with Gasteiger partial charge in [-0.1, -0.05) is 18.2 Å². The number of para-hydroxylation sites is 1. The van der Waals surface area contributed by atoms with Gasteiger partial charge >= 0.3 is 12.0 Å². The van der Waals surface area contributed by atoms with Gasteiger partial charge in [-0.25, -0.2) is 14.6 Å². The second-order valence-corrected chi connectivity index (χ2v) is 7.00. The Morgan fingerprint density at radius 1 is 1.06 bits per heavy atom. The normalized spacial score (nSPS) is 13.1. The van der Waals surface area contributed by atoms with Crippen molar-refractivity contribution in [1.29, 1.82) is 0 Å². The Morgan fingerprint density at radius 3 is 2.56 bits per heavy atom. The number of urea groups is 1. The summed E-state index contributed by atoms with van der Waals surface area (Å²) >= 11 is 0. The zero-order valence-electron chi connectivity index (χ0n) is 17.6. The van der Waals surface area contributed by atoms with Crippen molar-refractivity contribution in [2.75, 3.05) is 33.9 Å². The number of imide groups is 1. The van der Waals surface area contributed by atoms with Crippen LogP contribution in [-0.4, -0.2) is 61.7 Å². The molecule has 2 heterocycles. The smallest absolute Gasteiger partial charge is 0.339 e. The Morgan fingerprint density at radius 2 is 1.84 bits per heavy atom. The molecule has 164 valence electrons. The van der Waals surface area contributed by atoms with Crippen LogP contribution >= 0.6 is 0 Å². The van der Waals surface area contributed by atoms with E-state index in [1.165, 1.54) is 7.11 Å². The van der Waals surface area contributed by atoms with Crippen molar-refractivity contribution in [2.45, 2.75) is 0 Å². The van der Waals surface area contributed by atoms with E-state index in [4.69, 9.17) is 14.2 Å². The Labute approximate surface area is 183 Å². The number of esters is 1. The number of hydrogen-bond donors (Lipinski definition) is 1. The summed E-state index contributed by atoms with van der Waals surface area (Å²) in [6.07, 6.45) is 0. The largest absolute Gasteiger partial charge is 0.493 e. The van der Waals surface area contributed by atoms with E-state index in [1.54, 1.807) is 43.5 Å². The van der Waals surface area contributed by atoms with Crippen LogP contribution in [0, 0.1) is 0 Å². The van der Waals surface area contributed by atoms with Gasteiger partial charge in [0.05, 0.1) is 31.0 Å². The molecule has 2 aromatic carbocycles. The summed E-state index contributed by atoms with van der Waals surface area (Å²) in [5, 5.41) is 3.13. The van der Waals surface area contributed by atoms with Crippen LogP contribution in [-0.2, 0) is 9.53 Å². The third-order valence-electron chi connectivity index (χ3n) is 5.10. The molecule has 9 heteroatoms. The fourth-order valence-corrected chi connectivity index (χ4v) is 3.48. The second-order valence-electron chi connectivity index (χ2n) is 7.00. The average molecular weight is 435 g/mol. The van der Waals surface area contributed by atoms with Crippen LogP contribution in [0.5, 0.6) is 11.5 Å². The van der Waals surface area contributed by atoms with Gasteiger partial charge in [0, 0.05) is 24.0 Å². The van der Waals surface area contributed by atoms with E-state index in [1.807, 2.05) is 12.1 Å². The van der Waals surface area contributed by atoms with E-state index in [0.29, 0.717) is 40.2 Å². The Bertz CT molecular complexity index is 1210. The van der Waals surface area contributed by atoms with Crippen LogP contribution in [0.2, 0.25) is 0 Å². The van der Waals surface area contributed by atoms with Crippen LogP contribution in [0.25, 0.3) is 22.2 Å². The summed E-state index contributed by atoms with van der Waals surface area (Å²) in [7, 11) is 3.09. The van der Waals surface area contributed by atoms with Gasteiger partial charge in [0.25, 0.3) is 5.91 Å². The number of ether oxygens (including phenoxy) is 3. The number of hydrogen-bond acceptors (Lipinski definition) is 7. The number of amides is 3. The maximum atomic E-state index is 12.9. The number of carbonyl (C=O) groups is 3. The summed E-state index contributed by atoms with van der Waals surface area (Å²) < 4.78 is 15.9. The molecule has 9 nitrogen and oxygen atoms in total. The Balaban J connectivity index is 1.66. The highest BCUT2D eigenvalue weighted by Crippen LogP contribution is 2.33. The third kappa shape index (κ3) is 4.04. The Kier molecular flexibility index (Phi) is 5.89. The van der Waals surface area contributed by atoms with Crippen molar-refractivity contribution < 1.29 is 28.6 Å². The van der Waals surface area contributed by atoms with Gasteiger partial charge in [-0.15, -0.1) is 0 Å². The fraction of sp³-hybridized carbons (Fsp3) is 0.217. The van der Waals surface area contributed by atoms with Crippen LogP contribution in [0.4, 0.5) is 4.79 Å².